The molecule has 5 N–H and O–H groups in total. The first-order valence-electron chi connectivity index (χ1n) is 8.72. The topological polar surface area (TPSA) is 161 Å². The van der Waals surface area contributed by atoms with Crippen LogP contribution in [0.3, 0.4) is 0 Å². The first-order chi connectivity index (χ1) is 14.1. The first-order valence-corrected chi connectivity index (χ1v) is 8.72. The molecule has 4 aromatic heterocycles. The Morgan fingerprint density at radius 2 is 2.07 bits per heavy atom. The van der Waals surface area contributed by atoms with Gasteiger partial charge in [0.15, 0.2) is 11.5 Å². The summed E-state index contributed by atoms with van der Waals surface area (Å²) in [6.45, 7) is 1.68. The fourth-order valence-electron chi connectivity index (χ4n) is 2.84. The molecule has 1 amide bonds. The molecule has 4 heterocycles. The van der Waals surface area contributed by atoms with Crippen LogP contribution in [0, 0.1) is 6.92 Å². The summed E-state index contributed by atoms with van der Waals surface area (Å²) in [4.78, 5) is 25.4. The van der Waals surface area contributed by atoms with Crippen molar-refractivity contribution in [3.05, 3.63) is 42.5 Å². The van der Waals surface area contributed by atoms with Crippen molar-refractivity contribution in [2.75, 3.05) is 24.2 Å². The number of hydrogen-bond acceptors (Lipinski definition) is 9. The van der Waals surface area contributed by atoms with Gasteiger partial charge in [0.2, 0.25) is 0 Å². The third-order valence-corrected chi connectivity index (χ3v) is 3.96. The van der Waals surface area contributed by atoms with Crippen LogP contribution in [0.2, 0.25) is 0 Å². The van der Waals surface area contributed by atoms with Crippen LogP contribution < -0.4 is 16.4 Å². The highest BCUT2D eigenvalue weighted by molar-refractivity contribution is 5.83. The third-order valence-electron chi connectivity index (χ3n) is 3.96. The van der Waals surface area contributed by atoms with Gasteiger partial charge in [0.1, 0.15) is 23.2 Å². The number of carbonyl (C=O) groups is 1. The first kappa shape index (κ1) is 18.3. The predicted molar refractivity (Wildman–Crippen MR) is 105 cm³/mol. The molecule has 0 aromatic carbocycles. The van der Waals surface area contributed by atoms with E-state index in [0.717, 1.165) is 4.68 Å². The molecule has 0 spiro atoms. The second kappa shape index (κ2) is 7.52. The summed E-state index contributed by atoms with van der Waals surface area (Å²) in [7, 11) is 0. The zero-order chi connectivity index (χ0) is 20.4. The van der Waals surface area contributed by atoms with E-state index in [0.29, 0.717) is 40.3 Å². The number of aryl methyl sites for hydroxylation is 1. The van der Waals surface area contributed by atoms with Crippen LogP contribution in [0.5, 0.6) is 0 Å². The normalized spacial score (nSPS) is 11.0. The largest absolute Gasteiger partial charge is 0.395 e. The van der Waals surface area contributed by atoms with Crippen LogP contribution in [0.4, 0.5) is 22.2 Å². The third kappa shape index (κ3) is 3.55. The minimum Gasteiger partial charge on any atom is -0.395 e. The molecule has 12 nitrogen and oxygen atoms in total. The Bertz CT molecular complexity index is 1160. The summed E-state index contributed by atoms with van der Waals surface area (Å²) in [5.74, 6) is 1.62. The number of aromatic nitrogens is 7. The van der Waals surface area contributed by atoms with Gasteiger partial charge in [-0.05, 0) is 19.1 Å². The summed E-state index contributed by atoms with van der Waals surface area (Å²) in [5, 5.41) is 22.9. The molecular weight excluding hydrogens is 376 g/mol. The van der Waals surface area contributed by atoms with Crippen LogP contribution in [-0.4, -0.2) is 58.6 Å². The van der Waals surface area contributed by atoms with Crippen LogP contribution in [0.25, 0.3) is 17.0 Å². The van der Waals surface area contributed by atoms with Crippen LogP contribution in [0.1, 0.15) is 5.82 Å². The van der Waals surface area contributed by atoms with Gasteiger partial charge in [-0.25, -0.2) is 24.3 Å². The zero-order valence-corrected chi connectivity index (χ0v) is 15.4. The molecule has 0 atom stereocenters. The average molecular weight is 394 g/mol. The predicted octanol–water partition coefficient (Wildman–Crippen LogP) is 0.567. The molecule has 0 saturated carbocycles. The second-order valence-corrected chi connectivity index (χ2v) is 6.04. The number of fused-ring (bicyclic) bond motifs is 1. The van der Waals surface area contributed by atoms with E-state index in [4.69, 9.17) is 10.8 Å². The Morgan fingerprint density at radius 3 is 2.86 bits per heavy atom. The monoisotopic (exact) mass is 394 g/mol. The van der Waals surface area contributed by atoms with Crippen molar-refractivity contribution in [2.45, 2.75) is 6.92 Å². The van der Waals surface area contributed by atoms with Crippen molar-refractivity contribution in [1.82, 2.24) is 39.7 Å². The number of carbonyl (C=O) groups excluding carboxylic acids is 1. The van der Waals surface area contributed by atoms with Crippen LogP contribution in [-0.2, 0) is 0 Å². The number of anilines is 3. The summed E-state index contributed by atoms with van der Waals surface area (Å²) < 4.78 is 2.76. The highest BCUT2D eigenvalue weighted by atomic mass is 16.3. The van der Waals surface area contributed by atoms with Gasteiger partial charge in [-0.1, -0.05) is 0 Å². The number of hydrogen-bond donors (Lipinski definition) is 4. The fourth-order valence-corrected chi connectivity index (χ4v) is 2.84. The number of aliphatic hydroxyl groups excluding tert-OH is 1. The van der Waals surface area contributed by atoms with E-state index in [2.05, 4.69) is 35.8 Å². The Hall–Kier alpha value is -4.06. The Morgan fingerprint density at radius 1 is 1.21 bits per heavy atom. The molecule has 12 heteroatoms. The molecule has 0 aliphatic heterocycles. The van der Waals surface area contributed by atoms with Gasteiger partial charge in [-0.3, -0.25) is 0 Å². The van der Waals surface area contributed by atoms with Crippen molar-refractivity contribution >= 4 is 29.1 Å². The lowest BCUT2D eigenvalue weighted by Gasteiger charge is -2.10. The maximum atomic E-state index is 12.3. The van der Waals surface area contributed by atoms with Gasteiger partial charge < -0.3 is 21.5 Å². The molecule has 29 heavy (non-hydrogen) atoms. The molecule has 148 valence electrons. The molecular formula is C17H18N10O2. The van der Waals surface area contributed by atoms with Crippen molar-refractivity contribution in [3.8, 4) is 11.4 Å². The molecule has 4 rings (SSSR count). The van der Waals surface area contributed by atoms with Crippen molar-refractivity contribution in [1.29, 1.82) is 0 Å². The van der Waals surface area contributed by atoms with E-state index in [1.54, 1.807) is 41.9 Å². The van der Waals surface area contributed by atoms with Gasteiger partial charge in [0.05, 0.1) is 18.5 Å². The molecule has 0 aliphatic rings. The maximum Gasteiger partial charge on any atom is 0.344 e. The van der Waals surface area contributed by atoms with Gasteiger partial charge in [-0.2, -0.15) is 14.9 Å². The lowest BCUT2D eigenvalue weighted by Crippen LogP contribution is -2.32. The second-order valence-electron chi connectivity index (χ2n) is 6.04. The summed E-state index contributed by atoms with van der Waals surface area (Å²) in [5.41, 5.74) is 7.56. The van der Waals surface area contributed by atoms with Gasteiger partial charge in [0.25, 0.3) is 0 Å². The standard InChI is InChI=1S/C17H18N10O2/c1-10-22-11(9-12(18)23-10)15-16(24-13-3-2-5-20-26(13)15)25-14-4-6-21-27(14)17(29)19-7-8-28/h2-6,9,25,28H,7-8H2,1H3,(H,19,29)(H2,18,22,23). The smallest absolute Gasteiger partial charge is 0.344 e. The molecule has 0 fully saturated rings. The fraction of sp³-hybridized carbons (Fsp3) is 0.176. The number of imidazole rings is 1. The van der Waals surface area contributed by atoms with E-state index in [-0.39, 0.29) is 13.2 Å². The number of aliphatic hydroxyl groups is 1. The number of nitrogens with two attached hydrogens (primary N) is 1. The molecule has 0 bridgehead atoms. The van der Waals surface area contributed by atoms with Crippen LogP contribution >= 0.6 is 0 Å². The molecule has 0 saturated heterocycles. The van der Waals surface area contributed by atoms with Crippen LogP contribution in [0.15, 0.2) is 36.7 Å². The van der Waals surface area contributed by atoms with E-state index < -0.39 is 6.03 Å². The van der Waals surface area contributed by atoms with E-state index >= 15 is 0 Å². The van der Waals surface area contributed by atoms with Crippen molar-refractivity contribution < 1.29 is 9.90 Å². The minimum atomic E-state index is -0.489. The minimum absolute atomic E-state index is 0.112. The molecule has 4 aromatic rings. The quantitative estimate of drug-likeness (QED) is 0.379. The molecule has 0 radical (unpaired) electrons. The Balaban J connectivity index is 1.80. The highest BCUT2D eigenvalue weighted by Gasteiger charge is 2.20. The molecule has 0 unspecified atom stereocenters. The average Bonchev–Trinajstić information content (AvgIpc) is 3.29. The number of rotatable bonds is 5. The van der Waals surface area contributed by atoms with Crippen molar-refractivity contribution in [2.24, 2.45) is 0 Å². The lowest BCUT2D eigenvalue weighted by molar-refractivity contribution is 0.233. The zero-order valence-electron chi connectivity index (χ0n) is 15.4. The van der Waals surface area contributed by atoms with Gasteiger partial charge >= 0.3 is 6.03 Å². The van der Waals surface area contributed by atoms with Gasteiger partial charge in [-0.15, -0.1) is 0 Å². The van der Waals surface area contributed by atoms with E-state index in [9.17, 15) is 4.79 Å². The Kier molecular flexibility index (Phi) is 4.75. The van der Waals surface area contributed by atoms with E-state index in [1.165, 1.54) is 6.20 Å². The number of amides is 1. The summed E-state index contributed by atoms with van der Waals surface area (Å²) in [6, 6.07) is 6.32. The van der Waals surface area contributed by atoms with E-state index in [1.807, 2.05) is 0 Å². The maximum absolute atomic E-state index is 12.3. The number of nitrogens with zero attached hydrogens (tertiary/aromatic N) is 7. The number of nitrogen functional groups attached to an aromatic ring is 1. The van der Waals surface area contributed by atoms with Gasteiger partial charge in [0, 0.05) is 24.9 Å². The van der Waals surface area contributed by atoms with Crippen molar-refractivity contribution in [3.63, 3.8) is 0 Å². The summed E-state index contributed by atoms with van der Waals surface area (Å²) in [6.07, 6.45) is 3.10. The number of nitrogens with one attached hydrogen (secondary N) is 2. The Labute approximate surface area is 164 Å². The SMILES string of the molecule is Cc1nc(N)cc(-c2c(Nc3ccnn3C(=O)NCCO)nc3cccnn23)n1. The molecule has 0 aliphatic carbocycles. The highest BCUT2D eigenvalue weighted by Crippen LogP contribution is 2.30. The summed E-state index contributed by atoms with van der Waals surface area (Å²) >= 11 is 0. The lowest BCUT2D eigenvalue weighted by atomic mass is 10.3.